The van der Waals surface area contributed by atoms with E-state index in [1.165, 1.54) is 6.07 Å². The molecule has 0 saturated heterocycles. The Morgan fingerprint density at radius 3 is 2.40 bits per heavy atom. The SMILES string of the molecule is Cc1ccc(C)c(S(=O)(=O)NCC(=O)OCC(=O)c2ccccc2)c1. The van der Waals surface area contributed by atoms with Crippen molar-refractivity contribution in [1.82, 2.24) is 4.72 Å². The lowest BCUT2D eigenvalue weighted by molar-refractivity contribution is -0.141. The molecule has 0 amide bonds. The van der Waals surface area contributed by atoms with E-state index in [4.69, 9.17) is 4.74 Å². The molecule has 2 rings (SSSR count). The van der Waals surface area contributed by atoms with Gasteiger partial charge in [0.25, 0.3) is 0 Å². The van der Waals surface area contributed by atoms with E-state index in [1.807, 2.05) is 0 Å². The molecule has 0 spiro atoms. The Kier molecular flexibility index (Phi) is 6.06. The lowest BCUT2D eigenvalue weighted by Crippen LogP contribution is -2.32. The third-order valence-electron chi connectivity index (χ3n) is 3.50. The van der Waals surface area contributed by atoms with Crippen LogP contribution in [0.2, 0.25) is 0 Å². The summed E-state index contributed by atoms with van der Waals surface area (Å²) in [6.07, 6.45) is 0. The molecule has 0 bridgehead atoms. The third-order valence-corrected chi connectivity index (χ3v) is 5.04. The van der Waals surface area contributed by atoms with Gasteiger partial charge in [-0.3, -0.25) is 9.59 Å². The number of Topliss-reactive ketones (excluding diaryl/α,β-unsaturated/α-hetero) is 1. The molecule has 0 aliphatic rings. The van der Waals surface area contributed by atoms with E-state index >= 15 is 0 Å². The van der Waals surface area contributed by atoms with Crippen molar-refractivity contribution in [2.75, 3.05) is 13.2 Å². The van der Waals surface area contributed by atoms with Gasteiger partial charge in [-0.2, -0.15) is 4.72 Å². The maximum atomic E-state index is 12.3. The first-order valence-corrected chi connectivity index (χ1v) is 9.09. The summed E-state index contributed by atoms with van der Waals surface area (Å²) in [6, 6.07) is 13.4. The van der Waals surface area contributed by atoms with Crippen molar-refractivity contribution in [2.24, 2.45) is 0 Å². The molecule has 25 heavy (non-hydrogen) atoms. The van der Waals surface area contributed by atoms with Crippen LogP contribution < -0.4 is 4.72 Å². The molecule has 0 radical (unpaired) electrons. The lowest BCUT2D eigenvalue weighted by atomic mass is 10.1. The fourth-order valence-electron chi connectivity index (χ4n) is 2.13. The fraction of sp³-hybridized carbons (Fsp3) is 0.222. The first kappa shape index (κ1) is 18.8. The first-order chi connectivity index (χ1) is 11.8. The Labute approximate surface area is 146 Å². The highest BCUT2D eigenvalue weighted by molar-refractivity contribution is 7.89. The highest BCUT2D eigenvalue weighted by atomic mass is 32.2. The van der Waals surface area contributed by atoms with Gasteiger partial charge in [-0.05, 0) is 31.0 Å². The highest BCUT2D eigenvalue weighted by Gasteiger charge is 2.19. The van der Waals surface area contributed by atoms with Crippen LogP contribution in [0.3, 0.4) is 0 Å². The summed E-state index contributed by atoms with van der Waals surface area (Å²) in [4.78, 5) is 23.7. The zero-order valence-corrected chi connectivity index (χ0v) is 14.8. The van der Waals surface area contributed by atoms with E-state index in [2.05, 4.69) is 4.72 Å². The van der Waals surface area contributed by atoms with Crippen molar-refractivity contribution < 1.29 is 22.7 Å². The molecular formula is C18H19NO5S. The highest BCUT2D eigenvalue weighted by Crippen LogP contribution is 2.16. The second-order valence-electron chi connectivity index (χ2n) is 5.54. The van der Waals surface area contributed by atoms with Crippen LogP contribution >= 0.6 is 0 Å². The van der Waals surface area contributed by atoms with E-state index in [-0.39, 0.29) is 10.7 Å². The minimum absolute atomic E-state index is 0.112. The summed E-state index contributed by atoms with van der Waals surface area (Å²) in [5.74, 6) is -1.18. The molecule has 7 heteroatoms. The van der Waals surface area contributed by atoms with Gasteiger partial charge in [0.15, 0.2) is 12.4 Å². The van der Waals surface area contributed by atoms with Gasteiger partial charge < -0.3 is 4.74 Å². The van der Waals surface area contributed by atoms with E-state index in [0.717, 1.165) is 5.56 Å². The fourth-order valence-corrected chi connectivity index (χ4v) is 3.43. The number of hydrogen-bond donors (Lipinski definition) is 1. The average molecular weight is 361 g/mol. The number of aryl methyl sites for hydroxylation is 2. The van der Waals surface area contributed by atoms with Crippen LogP contribution in [0.4, 0.5) is 0 Å². The summed E-state index contributed by atoms with van der Waals surface area (Å²) in [5.41, 5.74) is 1.79. The Morgan fingerprint density at radius 2 is 1.72 bits per heavy atom. The Bertz CT molecular complexity index is 876. The molecule has 2 aromatic carbocycles. The van der Waals surface area contributed by atoms with Crippen LogP contribution in [0.1, 0.15) is 21.5 Å². The van der Waals surface area contributed by atoms with Gasteiger partial charge in [0, 0.05) is 5.56 Å². The number of benzene rings is 2. The average Bonchev–Trinajstić information content (AvgIpc) is 2.60. The summed E-state index contributed by atoms with van der Waals surface area (Å²) in [5, 5.41) is 0. The molecule has 0 aliphatic heterocycles. The van der Waals surface area contributed by atoms with Crippen molar-refractivity contribution in [2.45, 2.75) is 18.7 Å². The number of ketones is 1. The third kappa shape index (κ3) is 5.23. The van der Waals surface area contributed by atoms with Crippen LogP contribution in [0.5, 0.6) is 0 Å². The van der Waals surface area contributed by atoms with Crippen LogP contribution in [0.15, 0.2) is 53.4 Å². The Balaban J connectivity index is 1.91. The van der Waals surface area contributed by atoms with Gasteiger partial charge in [-0.1, -0.05) is 42.5 Å². The monoisotopic (exact) mass is 361 g/mol. The number of nitrogens with one attached hydrogen (secondary N) is 1. The number of sulfonamides is 1. The smallest absolute Gasteiger partial charge is 0.321 e. The largest absolute Gasteiger partial charge is 0.456 e. The minimum Gasteiger partial charge on any atom is -0.456 e. The molecule has 6 nitrogen and oxygen atoms in total. The van der Waals surface area contributed by atoms with Crippen LogP contribution in [-0.4, -0.2) is 33.3 Å². The molecule has 0 saturated carbocycles. The topological polar surface area (TPSA) is 89.5 Å². The van der Waals surface area contributed by atoms with Gasteiger partial charge in [0.1, 0.15) is 6.54 Å². The maximum absolute atomic E-state index is 12.3. The summed E-state index contributed by atoms with van der Waals surface area (Å²) >= 11 is 0. The van der Waals surface area contributed by atoms with Crippen molar-refractivity contribution in [3.05, 3.63) is 65.2 Å². The van der Waals surface area contributed by atoms with Gasteiger partial charge in [-0.25, -0.2) is 8.42 Å². The van der Waals surface area contributed by atoms with Gasteiger partial charge in [-0.15, -0.1) is 0 Å². The Hall–Kier alpha value is -2.51. The number of carbonyl (C=O) groups excluding carboxylic acids is 2. The molecule has 0 fully saturated rings. The normalized spacial score (nSPS) is 11.1. The van der Waals surface area contributed by atoms with E-state index in [0.29, 0.717) is 11.1 Å². The number of hydrogen-bond acceptors (Lipinski definition) is 5. The minimum atomic E-state index is -3.84. The number of carbonyl (C=O) groups is 2. The number of esters is 1. The Morgan fingerprint density at radius 1 is 1.04 bits per heavy atom. The van der Waals surface area contributed by atoms with E-state index in [9.17, 15) is 18.0 Å². The number of rotatable bonds is 7. The van der Waals surface area contributed by atoms with Gasteiger partial charge >= 0.3 is 5.97 Å². The van der Waals surface area contributed by atoms with Gasteiger partial charge in [0.2, 0.25) is 10.0 Å². The maximum Gasteiger partial charge on any atom is 0.321 e. The summed E-state index contributed by atoms with van der Waals surface area (Å²) in [7, 11) is -3.84. The predicted molar refractivity (Wildman–Crippen MR) is 92.8 cm³/mol. The molecule has 0 atom stereocenters. The molecular weight excluding hydrogens is 342 g/mol. The van der Waals surface area contributed by atoms with Crippen LogP contribution in [0, 0.1) is 13.8 Å². The lowest BCUT2D eigenvalue weighted by Gasteiger charge is -2.10. The molecule has 132 valence electrons. The zero-order chi connectivity index (χ0) is 18.4. The standard InChI is InChI=1S/C18H19NO5S/c1-13-8-9-14(2)17(10-13)25(22,23)19-11-18(21)24-12-16(20)15-6-4-3-5-7-15/h3-10,19H,11-12H2,1-2H3. The van der Waals surface area contributed by atoms with Gasteiger partial charge in [0.05, 0.1) is 4.90 Å². The van der Waals surface area contributed by atoms with Crippen LogP contribution in [0.25, 0.3) is 0 Å². The summed E-state index contributed by atoms with van der Waals surface area (Å²) < 4.78 is 31.6. The quantitative estimate of drug-likeness (QED) is 0.602. The predicted octanol–water partition coefficient (Wildman–Crippen LogP) is 2.01. The van der Waals surface area contributed by atoms with Crippen molar-refractivity contribution in [1.29, 1.82) is 0 Å². The molecule has 2 aromatic rings. The molecule has 1 N–H and O–H groups in total. The molecule has 0 heterocycles. The molecule has 0 aromatic heterocycles. The van der Waals surface area contributed by atoms with E-state index < -0.39 is 29.1 Å². The summed E-state index contributed by atoms with van der Waals surface area (Å²) in [6.45, 7) is 2.47. The van der Waals surface area contributed by atoms with Crippen molar-refractivity contribution in [3.8, 4) is 0 Å². The second kappa shape index (κ2) is 8.04. The van der Waals surface area contributed by atoms with Crippen molar-refractivity contribution in [3.63, 3.8) is 0 Å². The number of ether oxygens (including phenoxy) is 1. The zero-order valence-electron chi connectivity index (χ0n) is 14.0. The van der Waals surface area contributed by atoms with Crippen LogP contribution in [-0.2, 0) is 19.6 Å². The second-order valence-corrected chi connectivity index (χ2v) is 7.28. The molecule has 0 unspecified atom stereocenters. The van der Waals surface area contributed by atoms with Crippen molar-refractivity contribution >= 4 is 21.8 Å². The van der Waals surface area contributed by atoms with E-state index in [1.54, 1.807) is 56.3 Å². The molecule has 0 aliphatic carbocycles. The first-order valence-electron chi connectivity index (χ1n) is 7.60.